The summed E-state index contributed by atoms with van der Waals surface area (Å²) in [4.78, 5) is 16.1. The smallest absolute Gasteiger partial charge is 0.248 e. The molecule has 0 saturated carbocycles. The summed E-state index contributed by atoms with van der Waals surface area (Å²) in [7, 11) is 0. The molecular weight excluding hydrogens is 274 g/mol. The van der Waals surface area contributed by atoms with Crippen molar-refractivity contribution in [2.24, 2.45) is 0 Å². The molecule has 0 atom stereocenters. The van der Waals surface area contributed by atoms with E-state index < -0.39 is 0 Å². The van der Waals surface area contributed by atoms with Crippen molar-refractivity contribution in [2.75, 3.05) is 5.32 Å². The molecule has 22 heavy (non-hydrogen) atoms. The van der Waals surface area contributed by atoms with E-state index in [1.807, 2.05) is 66.9 Å². The van der Waals surface area contributed by atoms with Crippen molar-refractivity contribution in [2.45, 2.75) is 13.8 Å². The normalized spacial score (nSPS) is 10.5. The van der Waals surface area contributed by atoms with Crippen LogP contribution in [0.15, 0.2) is 66.5 Å². The highest BCUT2D eigenvalue weighted by Gasteiger charge is 2.04. The highest BCUT2D eigenvalue weighted by molar-refractivity contribution is 5.99. The van der Waals surface area contributed by atoms with Crippen LogP contribution in [0.2, 0.25) is 0 Å². The molecule has 1 N–H and O–H groups in total. The molecule has 1 amide bonds. The lowest BCUT2D eigenvalue weighted by atomic mass is 10.2. The first-order valence-electron chi connectivity index (χ1n) is 7.12. The second kappa shape index (κ2) is 5.85. The van der Waals surface area contributed by atoms with Gasteiger partial charge in [-0.05, 0) is 50.2 Å². The zero-order valence-electron chi connectivity index (χ0n) is 12.6. The summed E-state index contributed by atoms with van der Waals surface area (Å²) in [6, 6.07) is 15.7. The first-order valence-corrected chi connectivity index (χ1v) is 7.12. The van der Waals surface area contributed by atoms with E-state index in [-0.39, 0.29) is 5.91 Å². The lowest BCUT2D eigenvalue weighted by Crippen LogP contribution is -2.08. The van der Waals surface area contributed by atoms with Crippen LogP contribution in [0.4, 0.5) is 5.69 Å². The maximum absolute atomic E-state index is 11.7. The Bertz CT molecular complexity index is 840. The number of benzene rings is 2. The number of hydrogen-bond acceptors (Lipinski definition) is 2. The highest BCUT2D eigenvalue weighted by atomic mass is 16.1. The standard InChI is InChI=1S/C18H17N3O/c1-13(2)11-18(22)20-14-7-9-15(10-8-14)21-12-19-16-5-3-4-6-17(16)21/h3-12H,1-2H3,(H,20,22). The molecule has 0 unspecified atom stereocenters. The fraction of sp³-hybridized carbons (Fsp3) is 0.111. The molecular formula is C18H17N3O. The van der Waals surface area contributed by atoms with Gasteiger partial charge in [-0.1, -0.05) is 17.7 Å². The minimum atomic E-state index is -0.110. The molecule has 0 spiro atoms. The van der Waals surface area contributed by atoms with Gasteiger partial charge in [0.1, 0.15) is 6.33 Å². The molecule has 0 radical (unpaired) electrons. The van der Waals surface area contributed by atoms with Crippen molar-refractivity contribution in [1.82, 2.24) is 9.55 Å². The number of fused-ring (bicyclic) bond motifs is 1. The molecule has 3 aromatic rings. The third-order valence-corrected chi connectivity index (χ3v) is 3.29. The fourth-order valence-corrected chi connectivity index (χ4v) is 2.31. The number of imidazole rings is 1. The molecule has 4 nitrogen and oxygen atoms in total. The average Bonchev–Trinajstić information content (AvgIpc) is 2.91. The maximum atomic E-state index is 11.7. The number of allylic oxidation sites excluding steroid dienone is 1. The monoisotopic (exact) mass is 291 g/mol. The summed E-state index contributed by atoms with van der Waals surface area (Å²) in [5.74, 6) is -0.110. The predicted octanol–water partition coefficient (Wildman–Crippen LogP) is 3.93. The van der Waals surface area contributed by atoms with Crippen LogP contribution in [-0.4, -0.2) is 15.5 Å². The van der Waals surface area contributed by atoms with Crippen molar-refractivity contribution in [3.8, 4) is 5.69 Å². The SMILES string of the molecule is CC(C)=CC(=O)Nc1ccc(-n2cnc3ccccc32)cc1. The molecule has 0 bridgehead atoms. The van der Waals surface area contributed by atoms with Crippen LogP contribution >= 0.6 is 0 Å². The number of aromatic nitrogens is 2. The van der Waals surface area contributed by atoms with Crippen molar-refractivity contribution in [3.05, 3.63) is 66.5 Å². The number of anilines is 1. The summed E-state index contributed by atoms with van der Waals surface area (Å²) in [5, 5.41) is 2.84. The molecule has 0 saturated heterocycles. The Morgan fingerprint density at radius 2 is 1.82 bits per heavy atom. The van der Waals surface area contributed by atoms with Gasteiger partial charge in [0.15, 0.2) is 0 Å². The van der Waals surface area contributed by atoms with Crippen LogP contribution in [0.5, 0.6) is 0 Å². The van der Waals surface area contributed by atoms with E-state index in [1.54, 1.807) is 12.4 Å². The van der Waals surface area contributed by atoms with Gasteiger partial charge < -0.3 is 5.32 Å². The molecule has 0 aliphatic carbocycles. The molecule has 2 aromatic carbocycles. The largest absolute Gasteiger partial charge is 0.323 e. The van der Waals surface area contributed by atoms with E-state index in [2.05, 4.69) is 10.3 Å². The number of nitrogens with one attached hydrogen (secondary N) is 1. The first kappa shape index (κ1) is 14.1. The molecule has 110 valence electrons. The third-order valence-electron chi connectivity index (χ3n) is 3.29. The number of hydrogen-bond donors (Lipinski definition) is 1. The number of amides is 1. The number of carbonyl (C=O) groups excluding carboxylic acids is 1. The van der Waals surface area contributed by atoms with Gasteiger partial charge in [0.2, 0.25) is 5.91 Å². The molecule has 0 fully saturated rings. The van der Waals surface area contributed by atoms with Gasteiger partial charge in [0.25, 0.3) is 0 Å². The van der Waals surface area contributed by atoms with E-state index in [4.69, 9.17) is 0 Å². The second-order valence-electron chi connectivity index (χ2n) is 5.36. The average molecular weight is 291 g/mol. The Kier molecular flexibility index (Phi) is 3.74. The van der Waals surface area contributed by atoms with Gasteiger partial charge in [-0.15, -0.1) is 0 Å². The fourth-order valence-electron chi connectivity index (χ4n) is 2.31. The van der Waals surface area contributed by atoms with Crippen LogP contribution < -0.4 is 5.32 Å². The van der Waals surface area contributed by atoms with E-state index in [9.17, 15) is 4.79 Å². The molecule has 0 aliphatic heterocycles. The Balaban J connectivity index is 1.85. The Morgan fingerprint density at radius 1 is 1.09 bits per heavy atom. The van der Waals surface area contributed by atoms with Crippen molar-refractivity contribution in [1.29, 1.82) is 0 Å². The topological polar surface area (TPSA) is 46.9 Å². The third kappa shape index (κ3) is 2.91. The van der Waals surface area contributed by atoms with Gasteiger partial charge in [-0.3, -0.25) is 9.36 Å². The van der Waals surface area contributed by atoms with Crippen LogP contribution in [0, 0.1) is 0 Å². The van der Waals surface area contributed by atoms with Gasteiger partial charge in [0.05, 0.1) is 11.0 Å². The summed E-state index contributed by atoms with van der Waals surface area (Å²) in [6.07, 6.45) is 3.39. The second-order valence-corrected chi connectivity index (χ2v) is 5.36. The number of nitrogens with zero attached hydrogens (tertiary/aromatic N) is 2. The molecule has 0 aliphatic rings. The van der Waals surface area contributed by atoms with Gasteiger partial charge in [-0.25, -0.2) is 4.98 Å². The Labute approximate surface area is 129 Å². The first-order chi connectivity index (χ1) is 10.6. The minimum Gasteiger partial charge on any atom is -0.323 e. The summed E-state index contributed by atoms with van der Waals surface area (Å²) >= 11 is 0. The van der Waals surface area contributed by atoms with Crippen molar-refractivity contribution < 1.29 is 4.79 Å². The molecule has 3 rings (SSSR count). The Morgan fingerprint density at radius 3 is 2.55 bits per heavy atom. The number of carbonyl (C=O) groups is 1. The summed E-state index contributed by atoms with van der Waals surface area (Å²) in [5.41, 5.74) is 4.77. The highest BCUT2D eigenvalue weighted by Crippen LogP contribution is 2.19. The minimum absolute atomic E-state index is 0.110. The lowest BCUT2D eigenvalue weighted by Gasteiger charge is -2.07. The maximum Gasteiger partial charge on any atom is 0.248 e. The predicted molar refractivity (Wildman–Crippen MR) is 89.1 cm³/mol. The van der Waals surface area contributed by atoms with Crippen molar-refractivity contribution >= 4 is 22.6 Å². The van der Waals surface area contributed by atoms with Crippen LogP contribution in [0.3, 0.4) is 0 Å². The van der Waals surface area contributed by atoms with E-state index in [1.165, 1.54) is 0 Å². The molecule has 4 heteroatoms. The zero-order chi connectivity index (χ0) is 15.5. The van der Waals surface area contributed by atoms with Crippen LogP contribution in [-0.2, 0) is 4.79 Å². The van der Waals surface area contributed by atoms with E-state index >= 15 is 0 Å². The van der Waals surface area contributed by atoms with Gasteiger partial charge >= 0.3 is 0 Å². The lowest BCUT2D eigenvalue weighted by molar-refractivity contribution is -0.111. The van der Waals surface area contributed by atoms with Gasteiger partial charge in [0, 0.05) is 17.5 Å². The summed E-state index contributed by atoms with van der Waals surface area (Å²) < 4.78 is 2.02. The number of para-hydroxylation sites is 2. The quantitative estimate of drug-likeness (QED) is 0.743. The van der Waals surface area contributed by atoms with E-state index in [0.717, 1.165) is 28.0 Å². The number of rotatable bonds is 3. The van der Waals surface area contributed by atoms with E-state index in [0.29, 0.717) is 0 Å². The van der Waals surface area contributed by atoms with Crippen molar-refractivity contribution in [3.63, 3.8) is 0 Å². The molecule has 1 aromatic heterocycles. The van der Waals surface area contributed by atoms with Crippen LogP contribution in [0.25, 0.3) is 16.7 Å². The Hall–Kier alpha value is -2.88. The van der Waals surface area contributed by atoms with Gasteiger partial charge in [-0.2, -0.15) is 0 Å². The summed E-state index contributed by atoms with van der Waals surface area (Å²) in [6.45, 7) is 3.79. The van der Waals surface area contributed by atoms with Crippen LogP contribution in [0.1, 0.15) is 13.8 Å². The molecule has 1 heterocycles. The zero-order valence-corrected chi connectivity index (χ0v) is 12.6.